The van der Waals surface area contributed by atoms with Crippen molar-refractivity contribution in [2.75, 3.05) is 38.2 Å². The molecule has 0 radical (unpaired) electrons. The van der Waals surface area contributed by atoms with E-state index >= 15 is 0 Å². The van der Waals surface area contributed by atoms with Crippen LogP contribution in [0.15, 0.2) is 54.6 Å². The van der Waals surface area contributed by atoms with Crippen LogP contribution in [0.25, 0.3) is 0 Å². The summed E-state index contributed by atoms with van der Waals surface area (Å²) in [6.07, 6.45) is 4.26. The topological polar surface area (TPSA) is 42.0 Å². The number of likely N-dealkylation sites (tertiary alicyclic amines) is 1. The molecule has 2 heterocycles. The third kappa shape index (κ3) is 5.10. The van der Waals surface area contributed by atoms with E-state index in [0.29, 0.717) is 6.54 Å². The van der Waals surface area contributed by atoms with Gasteiger partial charge < -0.3 is 14.4 Å². The quantitative estimate of drug-likeness (QED) is 0.700. The lowest BCUT2D eigenvalue weighted by molar-refractivity contribution is 0.116. The second-order valence-corrected chi connectivity index (χ2v) is 8.08. The molecule has 0 bridgehead atoms. The van der Waals surface area contributed by atoms with Crippen LogP contribution in [-0.2, 0) is 11.2 Å². The third-order valence-electron chi connectivity index (χ3n) is 6.08. The van der Waals surface area contributed by atoms with Crippen LogP contribution in [0, 0.1) is 5.92 Å². The van der Waals surface area contributed by atoms with E-state index in [4.69, 9.17) is 9.47 Å². The third-order valence-corrected chi connectivity index (χ3v) is 6.08. The summed E-state index contributed by atoms with van der Waals surface area (Å²) in [5.74, 6) is 1.53. The number of hydrogen-bond acceptors (Lipinski definition) is 4. The first-order valence-corrected chi connectivity index (χ1v) is 10.6. The van der Waals surface area contributed by atoms with Gasteiger partial charge in [0.1, 0.15) is 11.9 Å². The van der Waals surface area contributed by atoms with E-state index in [-0.39, 0.29) is 12.2 Å². The molecule has 2 aromatic carbocycles. The van der Waals surface area contributed by atoms with Crippen LogP contribution in [0.1, 0.15) is 24.8 Å². The highest BCUT2D eigenvalue weighted by molar-refractivity contribution is 5.89. The lowest BCUT2D eigenvalue weighted by atomic mass is 9.90. The van der Waals surface area contributed by atoms with E-state index in [1.165, 1.54) is 24.8 Å². The van der Waals surface area contributed by atoms with Gasteiger partial charge in [0, 0.05) is 12.6 Å². The summed E-state index contributed by atoms with van der Waals surface area (Å²) >= 11 is 0. The maximum atomic E-state index is 12.3. The molecule has 0 aromatic heterocycles. The Kier molecular flexibility index (Phi) is 6.35. The van der Waals surface area contributed by atoms with Gasteiger partial charge in [0.2, 0.25) is 0 Å². The first kappa shape index (κ1) is 19.8. The van der Waals surface area contributed by atoms with Crippen molar-refractivity contribution in [1.29, 1.82) is 0 Å². The Morgan fingerprint density at radius 1 is 1.07 bits per heavy atom. The minimum atomic E-state index is -0.259. The molecule has 154 valence electrons. The number of nitrogens with zero attached hydrogens (tertiary/aromatic N) is 2. The summed E-state index contributed by atoms with van der Waals surface area (Å²) in [4.78, 5) is 16.5. The Bertz CT molecular complexity index is 803. The molecule has 1 amide bonds. The average Bonchev–Trinajstić information content (AvgIpc) is 3.14. The smallest absolute Gasteiger partial charge is 0.414 e. The van der Waals surface area contributed by atoms with Crippen molar-refractivity contribution >= 4 is 11.8 Å². The monoisotopic (exact) mass is 394 g/mol. The van der Waals surface area contributed by atoms with Gasteiger partial charge in [-0.05, 0) is 62.4 Å². The Morgan fingerprint density at radius 2 is 1.86 bits per heavy atom. The zero-order chi connectivity index (χ0) is 20.1. The van der Waals surface area contributed by atoms with Crippen molar-refractivity contribution in [3.63, 3.8) is 0 Å². The van der Waals surface area contributed by atoms with Crippen LogP contribution in [-0.4, -0.2) is 50.4 Å². The number of piperidine rings is 1. The average molecular weight is 395 g/mol. The molecular weight excluding hydrogens is 364 g/mol. The SMILES string of the molecule is COc1cccc(N2CC(CCN3CCC(Cc4ccccc4)CC3)OC2=O)c1. The molecule has 5 heteroatoms. The molecule has 29 heavy (non-hydrogen) atoms. The van der Waals surface area contributed by atoms with Crippen molar-refractivity contribution < 1.29 is 14.3 Å². The van der Waals surface area contributed by atoms with Gasteiger partial charge in [0.15, 0.2) is 0 Å². The zero-order valence-corrected chi connectivity index (χ0v) is 17.1. The zero-order valence-electron chi connectivity index (χ0n) is 17.1. The summed E-state index contributed by atoms with van der Waals surface area (Å²) in [6.45, 7) is 3.87. The molecule has 2 aliphatic heterocycles. The molecule has 5 nitrogen and oxygen atoms in total. The number of methoxy groups -OCH3 is 1. The summed E-state index contributed by atoms with van der Waals surface area (Å²) in [6, 6.07) is 18.4. The van der Waals surface area contributed by atoms with E-state index in [1.54, 1.807) is 12.0 Å². The fourth-order valence-electron chi connectivity index (χ4n) is 4.35. The molecule has 1 unspecified atom stereocenters. The molecule has 0 saturated carbocycles. The number of rotatable bonds is 7. The number of amides is 1. The predicted octanol–water partition coefficient (Wildman–Crippen LogP) is 4.37. The van der Waals surface area contributed by atoms with Crippen LogP contribution >= 0.6 is 0 Å². The van der Waals surface area contributed by atoms with Gasteiger partial charge in [-0.3, -0.25) is 4.90 Å². The minimum absolute atomic E-state index is 0.0456. The molecule has 2 saturated heterocycles. The van der Waals surface area contributed by atoms with Gasteiger partial charge in [0.25, 0.3) is 0 Å². The normalized spacial score (nSPS) is 20.7. The standard InChI is InChI=1S/C24H30N2O3/c1-28-22-9-5-8-21(17-22)26-18-23(29-24(26)27)12-15-25-13-10-20(11-14-25)16-19-6-3-2-4-7-19/h2-9,17,20,23H,10-16,18H2,1H3. The maximum Gasteiger partial charge on any atom is 0.414 e. The molecule has 0 spiro atoms. The van der Waals surface area contributed by atoms with E-state index in [0.717, 1.165) is 43.4 Å². The van der Waals surface area contributed by atoms with Crippen molar-refractivity contribution in [1.82, 2.24) is 4.90 Å². The van der Waals surface area contributed by atoms with E-state index in [9.17, 15) is 4.79 Å². The predicted molar refractivity (Wildman–Crippen MR) is 115 cm³/mol. The summed E-state index contributed by atoms with van der Waals surface area (Å²) in [7, 11) is 1.63. The van der Waals surface area contributed by atoms with Crippen LogP contribution in [0.4, 0.5) is 10.5 Å². The van der Waals surface area contributed by atoms with Gasteiger partial charge >= 0.3 is 6.09 Å². The van der Waals surface area contributed by atoms with Crippen molar-refractivity contribution in [2.24, 2.45) is 5.92 Å². The maximum absolute atomic E-state index is 12.3. The van der Waals surface area contributed by atoms with Crippen molar-refractivity contribution in [2.45, 2.75) is 31.8 Å². The Hall–Kier alpha value is -2.53. The van der Waals surface area contributed by atoms with Crippen molar-refractivity contribution in [3.8, 4) is 5.75 Å². The molecular formula is C24H30N2O3. The summed E-state index contributed by atoms with van der Waals surface area (Å²) in [5.41, 5.74) is 2.28. The molecule has 1 atom stereocenters. The first-order chi connectivity index (χ1) is 14.2. The number of carbonyl (C=O) groups is 1. The van der Waals surface area contributed by atoms with E-state index in [2.05, 4.69) is 35.2 Å². The molecule has 2 aliphatic rings. The fraction of sp³-hybridized carbons (Fsp3) is 0.458. The molecule has 2 aromatic rings. The summed E-state index contributed by atoms with van der Waals surface area (Å²) in [5, 5.41) is 0. The van der Waals surface area contributed by atoms with Gasteiger partial charge in [-0.15, -0.1) is 0 Å². The highest BCUT2D eigenvalue weighted by Gasteiger charge is 2.33. The van der Waals surface area contributed by atoms with Gasteiger partial charge in [-0.1, -0.05) is 36.4 Å². The highest BCUT2D eigenvalue weighted by atomic mass is 16.6. The minimum Gasteiger partial charge on any atom is -0.497 e. The van der Waals surface area contributed by atoms with Crippen LogP contribution in [0.2, 0.25) is 0 Å². The van der Waals surface area contributed by atoms with E-state index < -0.39 is 0 Å². The Balaban J connectivity index is 1.22. The number of ether oxygens (including phenoxy) is 2. The second kappa shape index (κ2) is 9.31. The van der Waals surface area contributed by atoms with Crippen LogP contribution < -0.4 is 9.64 Å². The van der Waals surface area contributed by atoms with Crippen molar-refractivity contribution in [3.05, 3.63) is 60.2 Å². The largest absolute Gasteiger partial charge is 0.497 e. The lowest BCUT2D eigenvalue weighted by Crippen LogP contribution is -2.36. The first-order valence-electron chi connectivity index (χ1n) is 10.6. The van der Waals surface area contributed by atoms with Gasteiger partial charge in [-0.25, -0.2) is 4.79 Å². The summed E-state index contributed by atoms with van der Waals surface area (Å²) < 4.78 is 10.9. The van der Waals surface area contributed by atoms with Gasteiger partial charge in [0.05, 0.1) is 19.3 Å². The van der Waals surface area contributed by atoms with E-state index in [1.807, 2.05) is 24.3 Å². The molecule has 2 fully saturated rings. The van der Waals surface area contributed by atoms with Gasteiger partial charge in [-0.2, -0.15) is 0 Å². The fourth-order valence-corrected chi connectivity index (χ4v) is 4.35. The number of carbonyl (C=O) groups excluding carboxylic acids is 1. The highest BCUT2D eigenvalue weighted by Crippen LogP contribution is 2.27. The Morgan fingerprint density at radius 3 is 2.62 bits per heavy atom. The molecule has 4 rings (SSSR count). The molecule has 0 N–H and O–H groups in total. The second-order valence-electron chi connectivity index (χ2n) is 8.08. The lowest BCUT2D eigenvalue weighted by Gasteiger charge is -2.32. The number of cyclic esters (lactones) is 1. The molecule has 0 aliphatic carbocycles. The number of anilines is 1. The Labute approximate surface area is 173 Å². The number of benzene rings is 2. The van der Waals surface area contributed by atoms with Crippen LogP contribution in [0.5, 0.6) is 5.75 Å². The van der Waals surface area contributed by atoms with Crippen LogP contribution in [0.3, 0.4) is 0 Å². The number of hydrogen-bond donors (Lipinski definition) is 0.